The summed E-state index contributed by atoms with van der Waals surface area (Å²) in [5.41, 5.74) is 2.89. The molecule has 0 heterocycles. The molecule has 0 spiro atoms. The number of hydrogen-bond acceptors (Lipinski definition) is 5. The topological polar surface area (TPSA) is 99.7 Å². The summed E-state index contributed by atoms with van der Waals surface area (Å²) in [5.74, 6) is -5.00. The monoisotopic (exact) mass is 459 g/mol. The van der Waals surface area contributed by atoms with Crippen molar-refractivity contribution in [3.63, 3.8) is 0 Å². The molecule has 2 amide bonds. The van der Waals surface area contributed by atoms with Crippen LogP contribution in [0, 0.1) is 17.5 Å². The van der Waals surface area contributed by atoms with E-state index in [0.29, 0.717) is 22.6 Å². The second-order valence-corrected chi connectivity index (χ2v) is 6.93. The van der Waals surface area contributed by atoms with Crippen molar-refractivity contribution >= 4 is 17.5 Å². The number of amides is 2. The normalized spacial score (nSPS) is 11.4. The van der Waals surface area contributed by atoms with Gasteiger partial charge < -0.3 is 15.4 Å². The fraction of sp³-hybridized carbons (Fsp3) is 0.130. The van der Waals surface area contributed by atoms with Crippen LogP contribution in [0.5, 0.6) is 5.75 Å². The van der Waals surface area contributed by atoms with Crippen LogP contribution in [0.15, 0.2) is 60.7 Å². The molecule has 10 heteroatoms. The molecular weight excluding hydrogens is 439 g/mol. The Hall–Kier alpha value is -4.05. The van der Waals surface area contributed by atoms with Crippen LogP contribution in [0.25, 0.3) is 11.1 Å². The predicted molar refractivity (Wildman–Crippen MR) is 114 cm³/mol. The first-order valence-corrected chi connectivity index (χ1v) is 9.68. The van der Waals surface area contributed by atoms with Gasteiger partial charge in [-0.3, -0.25) is 14.8 Å². The van der Waals surface area contributed by atoms with Gasteiger partial charge in [0.05, 0.1) is 13.7 Å². The molecule has 0 radical (unpaired) electrons. The number of hydroxylamine groups is 1. The van der Waals surface area contributed by atoms with Crippen LogP contribution in [0.3, 0.4) is 0 Å². The van der Waals surface area contributed by atoms with Crippen molar-refractivity contribution in [2.75, 3.05) is 19.0 Å². The molecule has 0 saturated heterocycles. The highest BCUT2D eigenvalue weighted by molar-refractivity contribution is 5.89. The van der Waals surface area contributed by atoms with E-state index in [-0.39, 0.29) is 12.1 Å². The van der Waals surface area contributed by atoms with Crippen molar-refractivity contribution in [1.82, 2.24) is 10.8 Å². The van der Waals surface area contributed by atoms with E-state index in [0.717, 1.165) is 12.1 Å². The summed E-state index contributed by atoms with van der Waals surface area (Å²) in [4.78, 5) is 24.5. The fourth-order valence-corrected chi connectivity index (χ4v) is 3.06. The molecule has 172 valence electrons. The van der Waals surface area contributed by atoms with Crippen molar-refractivity contribution in [2.45, 2.75) is 6.04 Å². The Morgan fingerprint density at radius 2 is 1.55 bits per heavy atom. The van der Waals surface area contributed by atoms with Gasteiger partial charge in [-0.2, -0.15) is 0 Å². The molecule has 0 aliphatic heterocycles. The van der Waals surface area contributed by atoms with Crippen molar-refractivity contribution in [1.29, 1.82) is 0 Å². The van der Waals surface area contributed by atoms with E-state index < -0.39 is 35.3 Å². The van der Waals surface area contributed by atoms with E-state index in [1.54, 1.807) is 24.3 Å². The Bertz CT molecular complexity index is 1120. The highest BCUT2D eigenvalue weighted by Gasteiger charge is 2.22. The van der Waals surface area contributed by atoms with Gasteiger partial charge in [-0.15, -0.1) is 0 Å². The van der Waals surface area contributed by atoms with Gasteiger partial charge in [0, 0.05) is 5.69 Å². The van der Waals surface area contributed by atoms with E-state index in [1.165, 1.54) is 36.9 Å². The standard InChI is InChI=1S/C23H20F3N3O4/c1-33-17-8-6-16(7-9-17)27-12-20(30)28-22(23(31)29-32)14-4-2-13(3-5-14)15-10-18(24)21(26)19(25)11-15/h2-11,22,27,32H,12H2,1H3,(H,28,30)(H,29,31). The van der Waals surface area contributed by atoms with Gasteiger partial charge in [0.1, 0.15) is 11.8 Å². The summed E-state index contributed by atoms with van der Waals surface area (Å²) < 4.78 is 45.3. The van der Waals surface area contributed by atoms with Gasteiger partial charge in [-0.25, -0.2) is 18.7 Å². The quantitative estimate of drug-likeness (QED) is 0.235. The average molecular weight is 459 g/mol. The molecular formula is C23H20F3N3O4. The summed E-state index contributed by atoms with van der Waals surface area (Å²) in [6.45, 7) is -0.159. The van der Waals surface area contributed by atoms with Gasteiger partial charge in [0.25, 0.3) is 5.91 Å². The Labute approximate surface area is 187 Å². The number of hydrogen-bond donors (Lipinski definition) is 4. The predicted octanol–water partition coefficient (Wildman–Crippen LogP) is 3.55. The Morgan fingerprint density at radius 1 is 0.939 bits per heavy atom. The lowest BCUT2D eigenvalue weighted by Gasteiger charge is -2.18. The lowest BCUT2D eigenvalue weighted by atomic mass is 10.00. The fourth-order valence-electron chi connectivity index (χ4n) is 3.06. The number of methoxy groups -OCH3 is 1. The smallest absolute Gasteiger partial charge is 0.270 e. The highest BCUT2D eigenvalue weighted by atomic mass is 19.2. The highest BCUT2D eigenvalue weighted by Crippen LogP contribution is 2.25. The summed E-state index contributed by atoms with van der Waals surface area (Å²) in [7, 11) is 1.53. The van der Waals surface area contributed by atoms with E-state index in [1.807, 2.05) is 0 Å². The number of benzene rings is 3. The Kier molecular flexibility index (Phi) is 7.52. The van der Waals surface area contributed by atoms with Crippen LogP contribution in [-0.4, -0.2) is 30.7 Å². The second-order valence-electron chi connectivity index (χ2n) is 6.93. The maximum atomic E-state index is 13.5. The zero-order valence-electron chi connectivity index (χ0n) is 17.4. The second kappa shape index (κ2) is 10.5. The number of carbonyl (C=O) groups excluding carboxylic acids is 2. The zero-order chi connectivity index (χ0) is 24.0. The van der Waals surface area contributed by atoms with Gasteiger partial charge in [-0.1, -0.05) is 24.3 Å². The largest absolute Gasteiger partial charge is 0.497 e. The molecule has 0 bridgehead atoms. The minimum absolute atomic E-state index is 0.0915. The molecule has 0 aromatic heterocycles. The Morgan fingerprint density at radius 3 is 2.09 bits per heavy atom. The number of anilines is 1. The third kappa shape index (κ3) is 5.80. The van der Waals surface area contributed by atoms with E-state index >= 15 is 0 Å². The molecule has 1 unspecified atom stereocenters. The SMILES string of the molecule is COc1ccc(NCC(=O)NC(C(=O)NO)c2ccc(-c3cc(F)c(F)c(F)c3)cc2)cc1. The first-order valence-electron chi connectivity index (χ1n) is 9.68. The third-order valence-electron chi connectivity index (χ3n) is 4.78. The summed E-state index contributed by atoms with van der Waals surface area (Å²) >= 11 is 0. The molecule has 0 aliphatic carbocycles. The summed E-state index contributed by atoms with van der Waals surface area (Å²) in [6, 6.07) is 13.1. The maximum Gasteiger partial charge on any atom is 0.270 e. The molecule has 1 atom stereocenters. The summed E-state index contributed by atoms with van der Waals surface area (Å²) in [6.07, 6.45) is 0. The lowest BCUT2D eigenvalue weighted by molar-refractivity contribution is -0.134. The van der Waals surface area contributed by atoms with Crippen molar-refractivity contribution in [3.8, 4) is 16.9 Å². The van der Waals surface area contributed by atoms with E-state index in [2.05, 4.69) is 10.6 Å². The first-order chi connectivity index (χ1) is 15.8. The van der Waals surface area contributed by atoms with Crippen LogP contribution in [0.2, 0.25) is 0 Å². The van der Waals surface area contributed by atoms with Crippen LogP contribution in [0.4, 0.5) is 18.9 Å². The molecule has 3 aromatic carbocycles. The Balaban J connectivity index is 1.71. The summed E-state index contributed by atoms with van der Waals surface area (Å²) in [5, 5.41) is 14.4. The molecule has 33 heavy (non-hydrogen) atoms. The number of rotatable bonds is 8. The molecule has 0 aliphatic rings. The molecule has 7 nitrogen and oxygen atoms in total. The molecule has 0 saturated carbocycles. The maximum absolute atomic E-state index is 13.5. The number of ether oxygens (including phenoxy) is 1. The minimum Gasteiger partial charge on any atom is -0.497 e. The molecule has 4 N–H and O–H groups in total. The number of halogens is 3. The van der Waals surface area contributed by atoms with Crippen molar-refractivity contribution in [2.24, 2.45) is 0 Å². The average Bonchev–Trinajstić information content (AvgIpc) is 2.84. The van der Waals surface area contributed by atoms with Gasteiger partial charge in [0.2, 0.25) is 5.91 Å². The van der Waals surface area contributed by atoms with Gasteiger partial charge >= 0.3 is 0 Å². The number of carbonyl (C=O) groups is 2. The van der Waals surface area contributed by atoms with E-state index in [9.17, 15) is 22.8 Å². The minimum atomic E-state index is -1.57. The number of nitrogens with one attached hydrogen (secondary N) is 3. The van der Waals surface area contributed by atoms with Crippen molar-refractivity contribution in [3.05, 3.63) is 83.7 Å². The van der Waals surface area contributed by atoms with Gasteiger partial charge in [-0.05, 0) is 53.1 Å². The molecule has 3 aromatic rings. The lowest BCUT2D eigenvalue weighted by Crippen LogP contribution is -2.41. The van der Waals surface area contributed by atoms with E-state index in [4.69, 9.17) is 9.94 Å². The van der Waals surface area contributed by atoms with Crippen molar-refractivity contribution < 1.29 is 32.7 Å². The third-order valence-corrected chi connectivity index (χ3v) is 4.78. The van der Waals surface area contributed by atoms with Crippen LogP contribution in [0.1, 0.15) is 11.6 Å². The molecule has 3 rings (SSSR count). The van der Waals surface area contributed by atoms with Crippen LogP contribution < -0.4 is 20.9 Å². The van der Waals surface area contributed by atoms with Gasteiger partial charge in [0.15, 0.2) is 17.5 Å². The first kappa shape index (κ1) is 23.6. The van der Waals surface area contributed by atoms with Crippen LogP contribution in [-0.2, 0) is 9.59 Å². The van der Waals surface area contributed by atoms with Crippen LogP contribution >= 0.6 is 0 Å². The molecule has 0 fully saturated rings. The zero-order valence-corrected chi connectivity index (χ0v) is 17.4.